The number of sulfonamides is 1. The van der Waals surface area contributed by atoms with Gasteiger partial charge in [0.15, 0.2) is 5.96 Å². The van der Waals surface area contributed by atoms with Crippen molar-refractivity contribution in [2.45, 2.75) is 26.2 Å². The standard InChI is InChI=1S/C13H28N4O3S/c1-3-20-9-7-15-13(14-2)16-8-10-21(18,19)17-11-12-5-4-6-12/h12,17H,3-11H2,1-2H3,(H2,14,15,16). The second-order valence-electron chi connectivity index (χ2n) is 5.09. The molecule has 0 spiro atoms. The number of aliphatic imine (C=N–C) groups is 1. The van der Waals surface area contributed by atoms with E-state index in [2.05, 4.69) is 20.3 Å². The van der Waals surface area contributed by atoms with Crippen molar-refractivity contribution >= 4 is 16.0 Å². The maximum atomic E-state index is 11.8. The van der Waals surface area contributed by atoms with Crippen LogP contribution in [0.25, 0.3) is 0 Å². The van der Waals surface area contributed by atoms with Gasteiger partial charge in [0.2, 0.25) is 10.0 Å². The van der Waals surface area contributed by atoms with E-state index < -0.39 is 10.0 Å². The third-order valence-corrected chi connectivity index (χ3v) is 4.79. The Kier molecular flexibility index (Phi) is 8.63. The molecule has 0 radical (unpaired) electrons. The average molecular weight is 320 g/mol. The van der Waals surface area contributed by atoms with Gasteiger partial charge >= 0.3 is 0 Å². The second kappa shape index (κ2) is 9.97. The van der Waals surface area contributed by atoms with Gasteiger partial charge in [-0.3, -0.25) is 4.99 Å². The van der Waals surface area contributed by atoms with Gasteiger partial charge in [-0.1, -0.05) is 6.42 Å². The van der Waals surface area contributed by atoms with Crippen LogP contribution in [0, 0.1) is 5.92 Å². The summed E-state index contributed by atoms with van der Waals surface area (Å²) in [6.07, 6.45) is 3.49. The fourth-order valence-corrected chi connectivity index (χ4v) is 2.93. The first-order valence-electron chi connectivity index (χ1n) is 7.57. The Morgan fingerprint density at radius 2 is 2.00 bits per heavy atom. The number of rotatable bonds is 10. The van der Waals surface area contributed by atoms with Crippen LogP contribution in [0.15, 0.2) is 4.99 Å². The first-order chi connectivity index (χ1) is 10.1. The van der Waals surface area contributed by atoms with Crippen molar-refractivity contribution in [2.75, 3.05) is 45.6 Å². The van der Waals surface area contributed by atoms with Crippen LogP contribution in [0.3, 0.4) is 0 Å². The predicted octanol–water partition coefficient (Wildman–Crippen LogP) is -0.0926. The van der Waals surface area contributed by atoms with Gasteiger partial charge in [-0.15, -0.1) is 0 Å². The lowest BCUT2D eigenvalue weighted by Crippen LogP contribution is -2.42. The van der Waals surface area contributed by atoms with Crippen molar-refractivity contribution in [3.63, 3.8) is 0 Å². The molecule has 1 fully saturated rings. The molecule has 0 heterocycles. The smallest absolute Gasteiger partial charge is 0.213 e. The molecule has 1 aliphatic carbocycles. The summed E-state index contributed by atoms with van der Waals surface area (Å²) < 4.78 is 31.5. The van der Waals surface area contributed by atoms with Crippen LogP contribution >= 0.6 is 0 Å². The fourth-order valence-electron chi connectivity index (χ4n) is 1.92. The number of hydrogen-bond acceptors (Lipinski definition) is 4. The van der Waals surface area contributed by atoms with Crippen LogP contribution in [-0.2, 0) is 14.8 Å². The lowest BCUT2D eigenvalue weighted by molar-refractivity contribution is 0.152. The van der Waals surface area contributed by atoms with E-state index in [4.69, 9.17) is 4.74 Å². The Labute approximate surface area is 128 Å². The van der Waals surface area contributed by atoms with Crippen LogP contribution in [-0.4, -0.2) is 60.0 Å². The maximum absolute atomic E-state index is 11.8. The summed E-state index contributed by atoms with van der Waals surface area (Å²) in [4.78, 5) is 4.03. The molecular formula is C13H28N4O3S. The first kappa shape index (κ1) is 18.2. The zero-order chi connectivity index (χ0) is 15.6. The van der Waals surface area contributed by atoms with E-state index in [1.165, 1.54) is 6.42 Å². The zero-order valence-electron chi connectivity index (χ0n) is 13.0. The highest BCUT2D eigenvalue weighted by Crippen LogP contribution is 2.25. The highest BCUT2D eigenvalue weighted by atomic mass is 32.2. The molecule has 1 aliphatic rings. The van der Waals surface area contributed by atoms with Crippen molar-refractivity contribution < 1.29 is 13.2 Å². The highest BCUT2D eigenvalue weighted by molar-refractivity contribution is 7.89. The summed E-state index contributed by atoms with van der Waals surface area (Å²) in [5, 5.41) is 6.04. The van der Waals surface area contributed by atoms with Gasteiger partial charge in [-0.25, -0.2) is 13.1 Å². The highest BCUT2D eigenvalue weighted by Gasteiger charge is 2.19. The number of nitrogens with one attached hydrogen (secondary N) is 3. The lowest BCUT2D eigenvalue weighted by Gasteiger charge is -2.25. The maximum Gasteiger partial charge on any atom is 0.213 e. The number of ether oxygens (including phenoxy) is 1. The molecule has 0 aromatic carbocycles. The molecule has 1 rings (SSSR count). The molecule has 0 aromatic heterocycles. The summed E-state index contributed by atoms with van der Waals surface area (Å²) in [5.41, 5.74) is 0. The summed E-state index contributed by atoms with van der Waals surface area (Å²) in [6.45, 7) is 4.75. The zero-order valence-corrected chi connectivity index (χ0v) is 13.8. The van der Waals surface area contributed by atoms with E-state index in [1.807, 2.05) is 6.92 Å². The fraction of sp³-hybridized carbons (Fsp3) is 0.923. The third-order valence-electron chi connectivity index (χ3n) is 3.45. The Balaban J connectivity index is 2.14. The van der Waals surface area contributed by atoms with E-state index in [-0.39, 0.29) is 5.75 Å². The van der Waals surface area contributed by atoms with E-state index in [9.17, 15) is 8.42 Å². The topological polar surface area (TPSA) is 91.8 Å². The van der Waals surface area contributed by atoms with Gasteiger partial charge in [0.1, 0.15) is 0 Å². The first-order valence-corrected chi connectivity index (χ1v) is 9.22. The third kappa shape index (κ3) is 8.23. The monoisotopic (exact) mass is 320 g/mol. The predicted molar refractivity (Wildman–Crippen MR) is 85.0 cm³/mol. The van der Waals surface area contributed by atoms with E-state index in [0.717, 1.165) is 12.8 Å². The minimum atomic E-state index is -3.21. The number of hydrogen-bond donors (Lipinski definition) is 3. The molecule has 0 bridgehead atoms. The normalized spacial score (nSPS) is 16.6. The Bertz CT molecular complexity index is 408. The van der Waals surface area contributed by atoms with Crippen molar-refractivity contribution in [3.05, 3.63) is 0 Å². The summed E-state index contributed by atoms with van der Waals surface area (Å²) in [6, 6.07) is 0. The van der Waals surface area contributed by atoms with Crippen LogP contribution in [0.1, 0.15) is 26.2 Å². The minimum Gasteiger partial charge on any atom is -0.380 e. The van der Waals surface area contributed by atoms with Crippen molar-refractivity contribution in [2.24, 2.45) is 10.9 Å². The molecule has 21 heavy (non-hydrogen) atoms. The quantitative estimate of drug-likeness (QED) is 0.297. The molecule has 0 amide bonds. The SMILES string of the molecule is CCOCCNC(=NC)NCCS(=O)(=O)NCC1CCC1. The second-order valence-corrected chi connectivity index (χ2v) is 7.01. The Hall–Kier alpha value is -0.860. The van der Waals surface area contributed by atoms with Gasteiger partial charge < -0.3 is 15.4 Å². The van der Waals surface area contributed by atoms with Crippen molar-refractivity contribution in [1.82, 2.24) is 15.4 Å². The molecule has 3 N–H and O–H groups in total. The molecule has 124 valence electrons. The molecule has 0 unspecified atom stereocenters. The van der Waals surface area contributed by atoms with E-state index in [1.54, 1.807) is 7.05 Å². The Morgan fingerprint density at radius 3 is 2.57 bits per heavy atom. The van der Waals surface area contributed by atoms with Gasteiger partial charge in [-0.2, -0.15) is 0 Å². The van der Waals surface area contributed by atoms with E-state index >= 15 is 0 Å². The molecular weight excluding hydrogens is 292 g/mol. The summed E-state index contributed by atoms with van der Waals surface area (Å²) in [5.74, 6) is 1.16. The lowest BCUT2D eigenvalue weighted by atomic mass is 9.86. The molecule has 7 nitrogen and oxygen atoms in total. The van der Waals surface area contributed by atoms with Gasteiger partial charge in [-0.05, 0) is 25.7 Å². The summed E-state index contributed by atoms with van der Waals surface area (Å²) >= 11 is 0. The number of nitrogens with zero attached hydrogens (tertiary/aromatic N) is 1. The number of guanidine groups is 1. The molecule has 0 aliphatic heterocycles. The molecule has 0 saturated heterocycles. The van der Waals surface area contributed by atoms with Crippen LogP contribution in [0.2, 0.25) is 0 Å². The molecule has 0 aromatic rings. The van der Waals surface area contributed by atoms with E-state index in [0.29, 0.717) is 44.7 Å². The van der Waals surface area contributed by atoms with Crippen LogP contribution in [0.5, 0.6) is 0 Å². The van der Waals surface area contributed by atoms with Gasteiger partial charge in [0.05, 0.1) is 12.4 Å². The van der Waals surface area contributed by atoms with Crippen molar-refractivity contribution in [1.29, 1.82) is 0 Å². The average Bonchev–Trinajstić information content (AvgIpc) is 2.39. The summed E-state index contributed by atoms with van der Waals surface area (Å²) in [7, 11) is -1.55. The van der Waals surface area contributed by atoms with Crippen molar-refractivity contribution in [3.8, 4) is 0 Å². The van der Waals surface area contributed by atoms with Gasteiger partial charge in [0.25, 0.3) is 0 Å². The Morgan fingerprint density at radius 1 is 1.29 bits per heavy atom. The molecule has 1 saturated carbocycles. The van der Waals surface area contributed by atoms with Crippen LogP contribution in [0.4, 0.5) is 0 Å². The minimum absolute atomic E-state index is 0.0475. The van der Waals surface area contributed by atoms with Gasteiger partial charge in [0, 0.05) is 33.3 Å². The van der Waals surface area contributed by atoms with Crippen LogP contribution < -0.4 is 15.4 Å². The molecule has 0 atom stereocenters. The largest absolute Gasteiger partial charge is 0.380 e. The molecule has 8 heteroatoms.